The van der Waals surface area contributed by atoms with E-state index in [0.29, 0.717) is 28.2 Å². The fraction of sp³-hybridized carbons (Fsp3) is 0.182. The largest absolute Gasteiger partial charge is 0.497 e. The highest BCUT2D eigenvalue weighted by Gasteiger charge is 2.19. The summed E-state index contributed by atoms with van der Waals surface area (Å²) in [5, 5.41) is 13.6. The van der Waals surface area contributed by atoms with E-state index in [1.165, 1.54) is 0 Å². The SMILES string of the molecule is COc1ccc(-c2nc(Nc3nnc(C(=O)Nc4c(C)cccc4Cl)o3)nc(N(C)C)n2)cc1. The number of anilines is 4. The fourth-order valence-corrected chi connectivity index (χ4v) is 3.18. The number of carbonyl (C=O) groups is 1. The third-order valence-corrected chi connectivity index (χ3v) is 4.99. The summed E-state index contributed by atoms with van der Waals surface area (Å²) in [5.41, 5.74) is 2.03. The Labute approximate surface area is 200 Å². The van der Waals surface area contributed by atoms with Gasteiger partial charge < -0.3 is 19.4 Å². The molecule has 174 valence electrons. The predicted molar refractivity (Wildman–Crippen MR) is 128 cm³/mol. The van der Waals surface area contributed by atoms with Gasteiger partial charge in [0.05, 0.1) is 17.8 Å². The van der Waals surface area contributed by atoms with E-state index in [0.717, 1.165) is 11.1 Å². The van der Waals surface area contributed by atoms with Crippen molar-refractivity contribution in [1.29, 1.82) is 0 Å². The molecule has 0 atom stereocenters. The van der Waals surface area contributed by atoms with Gasteiger partial charge in [-0.2, -0.15) is 15.0 Å². The smallest absolute Gasteiger partial charge is 0.322 e. The third kappa shape index (κ3) is 5.04. The summed E-state index contributed by atoms with van der Waals surface area (Å²) in [5.74, 6) is 0.875. The van der Waals surface area contributed by atoms with E-state index in [2.05, 4.69) is 35.8 Å². The van der Waals surface area contributed by atoms with E-state index in [1.807, 2.05) is 51.4 Å². The highest BCUT2D eigenvalue weighted by Crippen LogP contribution is 2.26. The Hall–Kier alpha value is -4.25. The second-order valence-electron chi connectivity index (χ2n) is 7.33. The lowest BCUT2D eigenvalue weighted by Gasteiger charge is -2.13. The van der Waals surface area contributed by atoms with Crippen LogP contribution in [0.15, 0.2) is 46.9 Å². The lowest BCUT2D eigenvalue weighted by Crippen LogP contribution is -2.15. The number of ether oxygens (including phenoxy) is 1. The molecule has 0 fully saturated rings. The van der Waals surface area contributed by atoms with Gasteiger partial charge in [0, 0.05) is 19.7 Å². The zero-order chi connectivity index (χ0) is 24.2. The minimum absolute atomic E-state index is 0.0578. The molecule has 0 aliphatic rings. The van der Waals surface area contributed by atoms with Crippen molar-refractivity contribution in [2.45, 2.75) is 6.92 Å². The van der Waals surface area contributed by atoms with E-state index in [1.54, 1.807) is 24.1 Å². The number of rotatable bonds is 7. The number of carbonyl (C=O) groups excluding carboxylic acids is 1. The molecule has 4 aromatic rings. The summed E-state index contributed by atoms with van der Waals surface area (Å²) >= 11 is 6.17. The van der Waals surface area contributed by atoms with Crippen molar-refractivity contribution in [3.05, 3.63) is 58.9 Å². The number of benzene rings is 2. The van der Waals surface area contributed by atoms with Crippen LogP contribution < -0.4 is 20.3 Å². The minimum Gasteiger partial charge on any atom is -0.497 e. The number of hydrogen-bond donors (Lipinski definition) is 2. The molecular formula is C22H21ClN8O3. The second-order valence-corrected chi connectivity index (χ2v) is 7.74. The zero-order valence-electron chi connectivity index (χ0n) is 18.8. The number of methoxy groups -OCH3 is 1. The van der Waals surface area contributed by atoms with Crippen LogP contribution in [0, 0.1) is 6.92 Å². The van der Waals surface area contributed by atoms with Crippen LogP contribution in [-0.4, -0.2) is 52.3 Å². The molecule has 0 spiro atoms. The Balaban J connectivity index is 1.57. The van der Waals surface area contributed by atoms with E-state index < -0.39 is 5.91 Å². The molecule has 11 nitrogen and oxygen atoms in total. The molecule has 2 N–H and O–H groups in total. The molecule has 12 heteroatoms. The van der Waals surface area contributed by atoms with E-state index in [9.17, 15) is 4.79 Å². The zero-order valence-corrected chi connectivity index (χ0v) is 19.6. The summed E-state index contributed by atoms with van der Waals surface area (Å²) in [6.07, 6.45) is 0. The third-order valence-electron chi connectivity index (χ3n) is 4.67. The monoisotopic (exact) mass is 480 g/mol. The molecule has 2 aromatic carbocycles. The second kappa shape index (κ2) is 9.71. The quantitative estimate of drug-likeness (QED) is 0.400. The molecule has 2 heterocycles. The molecule has 34 heavy (non-hydrogen) atoms. The Morgan fingerprint density at radius 3 is 2.50 bits per heavy atom. The van der Waals surface area contributed by atoms with Crippen LogP contribution in [-0.2, 0) is 0 Å². The predicted octanol–water partition coefficient (Wildman–Crippen LogP) is 3.95. The van der Waals surface area contributed by atoms with Gasteiger partial charge in [-0.1, -0.05) is 28.8 Å². The molecule has 0 bridgehead atoms. The molecule has 1 amide bonds. The van der Waals surface area contributed by atoms with Gasteiger partial charge in [-0.15, -0.1) is 5.10 Å². The number of aryl methyl sites for hydroxylation is 1. The van der Waals surface area contributed by atoms with Crippen molar-refractivity contribution in [1.82, 2.24) is 25.1 Å². The van der Waals surface area contributed by atoms with Crippen LogP contribution in [0.2, 0.25) is 5.02 Å². The number of para-hydroxylation sites is 1. The van der Waals surface area contributed by atoms with Crippen molar-refractivity contribution in [3.63, 3.8) is 0 Å². The van der Waals surface area contributed by atoms with Crippen LogP contribution in [0.25, 0.3) is 11.4 Å². The summed E-state index contributed by atoms with van der Waals surface area (Å²) in [7, 11) is 5.21. The molecule has 2 aromatic heterocycles. The summed E-state index contributed by atoms with van der Waals surface area (Å²) < 4.78 is 10.7. The first-order valence-corrected chi connectivity index (χ1v) is 10.5. The molecule has 4 rings (SSSR count). The number of hydrogen-bond acceptors (Lipinski definition) is 10. The van der Waals surface area contributed by atoms with Crippen LogP contribution in [0.1, 0.15) is 16.2 Å². The van der Waals surface area contributed by atoms with Crippen molar-refractivity contribution in [2.75, 3.05) is 36.7 Å². The molecule has 0 aliphatic heterocycles. The first-order chi connectivity index (χ1) is 16.3. The maximum Gasteiger partial charge on any atom is 0.322 e. The average Bonchev–Trinajstić information content (AvgIpc) is 3.30. The normalized spacial score (nSPS) is 10.6. The average molecular weight is 481 g/mol. The van der Waals surface area contributed by atoms with E-state index >= 15 is 0 Å². The van der Waals surface area contributed by atoms with Crippen molar-refractivity contribution in [2.24, 2.45) is 0 Å². The van der Waals surface area contributed by atoms with Crippen molar-refractivity contribution < 1.29 is 13.9 Å². The first-order valence-electron chi connectivity index (χ1n) is 10.1. The molecule has 0 radical (unpaired) electrons. The molecular weight excluding hydrogens is 460 g/mol. The Bertz CT molecular complexity index is 1300. The standard InChI is InChI=1S/C22H21ClN8O3/c1-12-6-5-7-15(23)16(12)24-18(32)19-29-30-22(34-19)28-20-25-17(26-21(27-20)31(2)3)13-8-10-14(33-4)11-9-13/h5-11H,1-4H3,(H,24,32)(H,25,26,27,28,30). The Kier molecular flexibility index (Phi) is 6.55. The van der Waals surface area contributed by atoms with Crippen molar-refractivity contribution in [3.8, 4) is 17.1 Å². The molecule has 0 aliphatic carbocycles. The van der Waals surface area contributed by atoms with E-state index in [-0.39, 0.29) is 17.9 Å². The van der Waals surface area contributed by atoms with Gasteiger partial charge in [-0.25, -0.2) is 0 Å². The summed E-state index contributed by atoms with van der Waals surface area (Å²) in [4.78, 5) is 27.6. The summed E-state index contributed by atoms with van der Waals surface area (Å²) in [6, 6.07) is 12.5. The van der Waals surface area contributed by atoms with Gasteiger partial charge in [0.15, 0.2) is 5.82 Å². The molecule has 0 unspecified atom stereocenters. The van der Waals surface area contributed by atoms with E-state index in [4.69, 9.17) is 20.8 Å². The highest BCUT2D eigenvalue weighted by atomic mass is 35.5. The number of nitrogens with zero attached hydrogens (tertiary/aromatic N) is 6. The molecule has 0 saturated heterocycles. The topological polar surface area (TPSA) is 131 Å². The lowest BCUT2D eigenvalue weighted by molar-refractivity contribution is 0.0991. The highest BCUT2D eigenvalue weighted by molar-refractivity contribution is 6.34. The van der Waals surface area contributed by atoms with Crippen LogP contribution in [0.4, 0.5) is 23.6 Å². The Morgan fingerprint density at radius 1 is 1.06 bits per heavy atom. The van der Waals surface area contributed by atoms with Gasteiger partial charge in [0.25, 0.3) is 0 Å². The van der Waals surface area contributed by atoms with Gasteiger partial charge in [-0.05, 0) is 42.8 Å². The first kappa shape index (κ1) is 22.9. The van der Waals surface area contributed by atoms with Gasteiger partial charge in [0.1, 0.15) is 5.75 Å². The van der Waals surface area contributed by atoms with Crippen LogP contribution in [0.3, 0.4) is 0 Å². The molecule has 0 saturated carbocycles. The lowest BCUT2D eigenvalue weighted by atomic mass is 10.2. The van der Waals surface area contributed by atoms with Crippen LogP contribution >= 0.6 is 11.6 Å². The fourth-order valence-electron chi connectivity index (χ4n) is 2.91. The van der Waals surface area contributed by atoms with Gasteiger partial charge in [0.2, 0.25) is 11.9 Å². The van der Waals surface area contributed by atoms with Crippen LogP contribution in [0.5, 0.6) is 5.75 Å². The number of amides is 1. The number of halogens is 1. The van der Waals surface area contributed by atoms with Gasteiger partial charge in [-0.3, -0.25) is 10.1 Å². The summed E-state index contributed by atoms with van der Waals surface area (Å²) in [6.45, 7) is 1.83. The van der Waals surface area contributed by atoms with Gasteiger partial charge >= 0.3 is 17.8 Å². The van der Waals surface area contributed by atoms with Crippen molar-refractivity contribution >= 4 is 41.1 Å². The number of aromatic nitrogens is 5. The maximum absolute atomic E-state index is 12.6. The Morgan fingerprint density at radius 2 is 1.82 bits per heavy atom. The minimum atomic E-state index is -0.597. The number of nitrogens with one attached hydrogen (secondary N) is 2. The maximum atomic E-state index is 12.6.